The highest BCUT2D eigenvalue weighted by Gasteiger charge is 2.27. The van der Waals surface area contributed by atoms with Gasteiger partial charge in [0, 0.05) is 32.2 Å². The van der Waals surface area contributed by atoms with Gasteiger partial charge in [-0.15, -0.1) is 0 Å². The van der Waals surface area contributed by atoms with Crippen LogP contribution in [0, 0.1) is 6.92 Å². The van der Waals surface area contributed by atoms with E-state index in [1.807, 2.05) is 17.1 Å². The topological polar surface area (TPSA) is 70.5 Å². The predicted molar refractivity (Wildman–Crippen MR) is 119 cm³/mol. The number of hydrogen-bond acceptors (Lipinski definition) is 5. The zero-order valence-corrected chi connectivity index (χ0v) is 17.6. The van der Waals surface area contributed by atoms with Crippen LogP contribution < -0.4 is 11.0 Å². The Hall–Kier alpha value is -3.29. The second kappa shape index (κ2) is 9.68. The fraction of sp³-hybridized carbons (Fsp3) is 0.292. The van der Waals surface area contributed by atoms with Gasteiger partial charge in [-0.25, -0.2) is 9.69 Å². The molecule has 160 valence electrons. The van der Waals surface area contributed by atoms with E-state index in [0.717, 1.165) is 13.1 Å². The molecule has 0 unspecified atom stereocenters. The zero-order valence-electron chi connectivity index (χ0n) is 17.6. The van der Waals surface area contributed by atoms with Crippen LogP contribution in [0.15, 0.2) is 77.6 Å². The first-order valence-electron chi connectivity index (χ1n) is 10.5. The molecule has 4 rings (SSSR count). The number of nitrogens with one attached hydrogen (secondary N) is 1. The summed E-state index contributed by atoms with van der Waals surface area (Å²) < 4.78 is 1.20. The van der Waals surface area contributed by atoms with Gasteiger partial charge < -0.3 is 0 Å². The molecule has 1 N–H and O–H groups in total. The maximum absolute atomic E-state index is 12.4. The maximum atomic E-state index is 12.4. The molecule has 7 nitrogen and oxygen atoms in total. The average Bonchev–Trinajstić information content (AvgIpc) is 2.79. The van der Waals surface area contributed by atoms with E-state index in [1.165, 1.54) is 21.9 Å². The summed E-state index contributed by atoms with van der Waals surface area (Å²) >= 11 is 0. The fourth-order valence-electron chi connectivity index (χ4n) is 3.99. The normalized spacial score (nSPS) is 15.2. The number of amides is 1. The molecule has 0 radical (unpaired) electrons. The van der Waals surface area contributed by atoms with Crippen LogP contribution in [0.5, 0.6) is 0 Å². The van der Waals surface area contributed by atoms with Crippen LogP contribution in [0.4, 0.5) is 0 Å². The van der Waals surface area contributed by atoms with Crippen molar-refractivity contribution < 1.29 is 4.79 Å². The van der Waals surface area contributed by atoms with Gasteiger partial charge in [0.25, 0.3) is 11.5 Å². The number of nitrogens with zero attached hydrogens (tertiary/aromatic N) is 4. The third kappa shape index (κ3) is 5.25. The summed E-state index contributed by atoms with van der Waals surface area (Å²) in [6.45, 7) is 4.76. The fourth-order valence-corrected chi connectivity index (χ4v) is 3.99. The first-order chi connectivity index (χ1) is 15.1. The van der Waals surface area contributed by atoms with Crippen molar-refractivity contribution >= 4 is 5.91 Å². The first kappa shape index (κ1) is 21.0. The highest BCUT2D eigenvalue weighted by atomic mass is 16.2. The van der Waals surface area contributed by atoms with E-state index in [1.54, 1.807) is 13.0 Å². The molecule has 1 amide bonds. The molecule has 1 fully saturated rings. The third-order valence-electron chi connectivity index (χ3n) is 5.49. The van der Waals surface area contributed by atoms with Crippen LogP contribution in [0.3, 0.4) is 0 Å². The lowest BCUT2D eigenvalue weighted by molar-refractivity contribution is -0.127. The Morgan fingerprint density at radius 2 is 1.48 bits per heavy atom. The number of aromatic nitrogens is 2. The van der Waals surface area contributed by atoms with Crippen LogP contribution in [-0.2, 0) is 11.3 Å². The van der Waals surface area contributed by atoms with Crippen LogP contribution in [0.25, 0.3) is 0 Å². The first-order valence-corrected chi connectivity index (χ1v) is 10.5. The Morgan fingerprint density at radius 3 is 2.06 bits per heavy atom. The SMILES string of the molecule is Cc1ccc(=O)n(CC(=O)NN2CCN(C(c3ccccc3)c3ccccc3)CC2)n1. The monoisotopic (exact) mass is 417 g/mol. The molecule has 1 saturated heterocycles. The van der Waals surface area contributed by atoms with Gasteiger partial charge in [-0.3, -0.25) is 19.9 Å². The summed E-state index contributed by atoms with van der Waals surface area (Å²) in [7, 11) is 0. The number of carbonyl (C=O) groups is 1. The van der Waals surface area contributed by atoms with E-state index in [-0.39, 0.29) is 24.1 Å². The highest BCUT2D eigenvalue weighted by Crippen LogP contribution is 2.29. The highest BCUT2D eigenvalue weighted by molar-refractivity contribution is 5.75. The third-order valence-corrected chi connectivity index (χ3v) is 5.49. The Morgan fingerprint density at radius 1 is 0.903 bits per heavy atom. The van der Waals surface area contributed by atoms with E-state index in [2.05, 4.69) is 64.0 Å². The van der Waals surface area contributed by atoms with Gasteiger partial charge >= 0.3 is 0 Å². The molecule has 0 spiro atoms. The second-order valence-electron chi connectivity index (χ2n) is 7.75. The molecule has 0 bridgehead atoms. The minimum atomic E-state index is -0.279. The average molecular weight is 418 g/mol. The van der Waals surface area contributed by atoms with E-state index in [0.29, 0.717) is 18.8 Å². The summed E-state index contributed by atoms with van der Waals surface area (Å²) in [6.07, 6.45) is 0. The van der Waals surface area contributed by atoms with Crippen molar-refractivity contribution in [1.82, 2.24) is 25.1 Å². The van der Waals surface area contributed by atoms with Gasteiger partial charge in [0.15, 0.2) is 0 Å². The molecule has 0 aliphatic carbocycles. The molecular weight excluding hydrogens is 390 g/mol. The lowest BCUT2D eigenvalue weighted by Gasteiger charge is -2.39. The summed E-state index contributed by atoms with van der Waals surface area (Å²) in [6, 6.07) is 24.3. The molecule has 1 aromatic heterocycles. The molecule has 3 aromatic rings. The number of benzene rings is 2. The van der Waals surface area contributed by atoms with Gasteiger partial charge in [-0.05, 0) is 24.1 Å². The number of carbonyl (C=O) groups excluding carboxylic acids is 1. The van der Waals surface area contributed by atoms with Gasteiger partial charge in [0.2, 0.25) is 0 Å². The van der Waals surface area contributed by atoms with Crippen molar-refractivity contribution in [1.29, 1.82) is 0 Å². The van der Waals surface area contributed by atoms with Crippen LogP contribution in [0.2, 0.25) is 0 Å². The van der Waals surface area contributed by atoms with Crippen molar-refractivity contribution in [3.05, 3.63) is 100.0 Å². The largest absolute Gasteiger partial charge is 0.290 e. The molecule has 1 aliphatic rings. The van der Waals surface area contributed by atoms with E-state index in [9.17, 15) is 9.59 Å². The van der Waals surface area contributed by atoms with Gasteiger partial charge in [0.1, 0.15) is 6.54 Å². The van der Waals surface area contributed by atoms with Crippen LogP contribution in [-0.4, -0.2) is 51.8 Å². The molecule has 0 saturated carbocycles. The van der Waals surface area contributed by atoms with Crippen molar-refractivity contribution in [2.75, 3.05) is 26.2 Å². The smallest absolute Gasteiger partial charge is 0.267 e. The van der Waals surface area contributed by atoms with Crippen LogP contribution >= 0.6 is 0 Å². The molecule has 31 heavy (non-hydrogen) atoms. The summed E-state index contributed by atoms with van der Waals surface area (Å²) in [5, 5.41) is 6.05. The van der Waals surface area contributed by atoms with Crippen molar-refractivity contribution in [3.63, 3.8) is 0 Å². The number of piperazine rings is 1. The molecule has 7 heteroatoms. The Balaban J connectivity index is 1.39. The number of hydrazine groups is 1. The Labute approximate surface area is 181 Å². The molecule has 2 heterocycles. The Kier molecular flexibility index (Phi) is 6.54. The van der Waals surface area contributed by atoms with Crippen LogP contribution in [0.1, 0.15) is 22.9 Å². The Bertz CT molecular complexity index is 1020. The maximum Gasteiger partial charge on any atom is 0.267 e. The lowest BCUT2D eigenvalue weighted by atomic mass is 9.96. The minimum absolute atomic E-state index is 0.0859. The summed E-state index contributed by atoms with van der Waals surface area (Å²) in [4.78, 5) is 26.8. The van der Waals surface area contributed by atoms with E-state index < -0.39 is 0 Å². The zero-order chi connectivity index (χ0) is 21.6. The second-order valence-corrected chi connectivity index (χ2v) is 7.75. The van der Waals surface area contributed by atoms with Crippen molar-refractivity contribution in [2.45, 2.75) is 19.5 Å². The quantitative estimate of drug-likeness (QED) is 0.664. The molecule has 1 aliphatic heterocycles. The van der Waals surface area contributed by atoms with Crippen molar-refractivity contribution in [2.24, 2.45) is 0 Å². The van der Waals surface area contributed by atoms with Crippen molar-refractivity contribution in [3.8, 4) is 0 Å². The van der Waals surface area contributed by atoms with Gasteiger partial charge in [-0.1, -0.05) is 60.7 Å². The standard InChI is InChI=1S/C24H27N5O2/c1-19-12-13-23(31)29(25-19)18-22(30)26-28-16-14-27(15-17-28)24(20-8-4-2-5-9-20)21-10-6-3-7-11-21/h2-13,24H,14-18H2,1H3,(H,26,30). The molecule has 0 atom stereocenters. The van der Waals surface area contributed by atoms with Gasteiger partial charge in [0.05, 0.1) is 11.7 Å². The number of rotatable bonds is 6. The number of aryl methyl sites for hydroxylation is 1. The summed E-state index contributed by atoms with van der Waals surface area (Å²) in [5.41, 5.74) is 5.87. The molecular formula is C24H27N5O2. The number of hydrogen-bond donors (Lipinski definition) is 1. The van der Waals surface area contributed by atoms with E-state index in [4.69, 9.17) is 0 Å². The predicted octanol–water partition coefficient (Wildman–Crippen LogP) is 1.99. The van der Waals surface area contributed by atoms with Gasteiger partial charge in [-0.2, -0.15) is 5.10 Å². The van der Waals surface area contributed by atoms with E-state index >= 15 is 0 Å². The molecule has 2 aromatic carbocycles. The lowest BCUT2D eigenvalue weighted by Crippen LogP contribution is -2.55. The summed E-state index contributed by atoms with van der Waals surface area (Å²) in [5.74, 6) is -0.240. The minimum Gasteiger partial charge on any atom is -0.290 e.